The molecule has 0 fully saturated rings. The highest BCUT2D eigenvalue weighted by molar-refractivity contribution is 5.86. The molecule has 4 aromatic rings. The first-order valence-electron chi connectivity index (χ1n) is 8.99. The molecule has 0 unspecified atom stereocenters. The summed E-state index contributed by atoms with van der Waals surface area (Å²) >= 11 is 0. The minimum absolute atomic E-state index is 0.240. The number of rotatable bonds is 2. The van der Waals surface area contributed by atoms with Gasteiger partial charge in [0.25, 0.3) is 0 Å². The molecule has 0 amide bonds. The Morgan fingerprint density at radius 2 is 1.07 bits per heavy atom. The van der Waals surface area contributed by atoms with Crippen molar-refractivity contribution in [3.05, 3.63) is 119 Å². The maximum atomic E-state index is 10.2. The SMILES string of the molecule is Oc1ccc(C2(c3cccc(O)c3)c3ccccc3-c3ccccc32)cc1. The van der Waals surface area contributed by atoms with Gasteiger partial charge in [0, 0.05) is 0 Å². The van der Waals surface area contributed by atoms with Gasteiger partial charge >= 0.3 is 0 Å². The lowest BCUT2D eigenvalue weighted by atomic mass is 9.67. The van der Waals surface area contributed by atoms with Gasteiger partial charge in [0.2, 0.25) is 0 Å². The Balaban J connectivity index is 1.96. The third kappa shape index (κ3) is 2.13. The second-order valence-electron chi connectivity index (χ2n) is 6.94. The van der Waals surface area contributed by atoms with Gasteiger partial charge in [-0.3, -0.25) is 0 Å². The Kier molecular flexibility index (Phi) is 3.34. The molecule has 0 aliphatic heterocycles. The van der Waals surface area contributed by atoms with Crippen molar-refractivity contribution in [2.75, 3.05) is 0 Å². The van der Waals surface area contributed by atoms with Crippen molar-refractivity contribution >= 4 is 0 Å². The number of hydrogen-bond acceptors (Lipinski definition) is 2. The summed E-state index contributed by atoms with van der Waals surface area (Å²) in [6.07, 6.45) is 0. The molecule has 0 radical (unpaired) electrons. The monoisotopic (exact) mass is 350 g/mol. The third-order valence-electron chi connectivity index (χ3n) is 5.53. The lowest BCUT2D eigenvalue weighted by Crippen LogP contribution is -2.28. The molecular weight excluding hydrogens is 332 g/mol. The summed E-state index contributed by atoms with van der Waals surface area (Å²) < 4.78 is 0. The number of benzene rings is 4. The van der Waals surface area contributed by atoms with Crippen LogP contribution in [0.2, 0.25) is 0 Å². The summed E-state index contributed by atoms with van der Waals surface area (Å²) in [4.78, 5) is 0. The second kappa shape index (κ2) is 5.75. The number of phenolic OH excluding ortho intramolecular Hbond substituents is 2. The molecule has 2 N–H and O–H groups in total. The highest BCUT2D eigenvalue weighted by Crippen LogP contribution is 2.56. The summed E-state index contributed by atoms with van der Waals surface area (Å²) in [5, 5.41) is 20.1. The normalized spacial score (nSPS) is 13.8. The highest BCUT2D eigenvalue weighted by atomic mass is 16.3. The topological polar surface area (TPSA) is 40.5 Å². The van der Waals surface area contributed by atoms with Crippen LogP contribution in [0.5, 0.6) is 11.5 Å². The van der Waals surface area contributed by atoms with E-state index < -0.39 is 5.41 Å². The van der Waals surface area contributed by atoms with Crippen LogP contribution < -0.4 is 0 Å². The van der Waals surface area contributed by atoms with Crippen molar-refractivity contribution in [2.24, 2.45) is 0 Å². The molecular formula is C25H18O2. The lowest BCUT2D eigenvalue weighted by molar-refractivity contribution is 0.472. The molecule has 0 bridgehead atoms. The van der Waals surface area contributed by atoms with Crippen LogP contribution in [0.1, 0.15) is 22.3 Å². The van der Waals surface area contributed by atoms with E-state index in [1.165, 1.54) is 22.3 Å². The van der Waals surface area contributed by atoms with Crippen LogP contribution in [0.4, 0.5) is 0 Å². The molecule has 130 valence electrons. The number of phenols is 2. The van der Waals surface area contributed by atoms with E-state index in [2.05, 4.69) is 54.6 Å². The van der Waals surface area contributed by atoms with Crippen LogP contribution in [0.15, 0.2) is 97.1 Å². The van der Waals surface area contributed by atoms with Crippen molar-refractivity contribution < 1.29 is 10.2 Å². The molecule has 0 saturated carbocycles. The predicted molar refractivity (Wildman–Crippen MR) is 107 cm³/mol. The fourth-order valence-electron chi connectivity index (χ4n) is 4.47. The van der Waals surface area contributed by atoms with E-state index in [9.17, 15) is 10.2 Å². The van der Waals surface area contributed by atoms with E-state index in [4.69, 9.17) is 0 Å². The van der Waals surface area contributed by atoms with Crippen LogP contribution in [0.25, 0.3) is 11.1 Å². The van der Waals surface area contributed by atoms with Crippen molar-refractivity contribution in [1.29, 1.82) is 0 Å². The second-order valence-corrected chi connectivity index (χ2v) is 6.94. The van der Waals surface area contributed by atoms with Gasteiger partial charge in [0.1, 0.15) is 11.5 Å². The largest absolute Gasteiger partial charge is 0.508 e. The first-order chi connectivity index (χ1) is 13.2. The van der Waals surface area contributed by atoms with Gasteiger partial charge in [-0.15, -0.1) is 0 Å². The van der Waals surface area contributed by atoms with E-state index in [-0.39, 0.29) is 11.5 Å². The average molecular weight is 350 g/mol. The van der Waals surface area contributed by atoms with Gasteiger partial charge < -0.3 is 10.2 Å². The fourth-order valence-corrected chi connectivity index (χ4v) is 4.47. The molecule has 1 aliphatic carbocycles. The Hall–Kier alpha value is -3.52. The minimum Gasteiger partial charge on any atom is -0.508 e. The number of fused-ring (bicyclic) bond motifs is 3. The standard InChI is InChI=1S/C25H18O2/c26-19-14-12-17(13-15-19)25(18-6-5-7-20(27)16-18)23-10-3-1-8-21(23)22-9-2-4-11-24(22)25/h1-16,26-27H. The zero-order valence-corrected chi connectivity index (χ0v) is 14.6. The molecule has 4 aromatic carbocycles. The minimum atomic E-state index is -0.542. The molecule has 0 saturated heterocycles. The summed E-state index contributed by atoms with van der Waals surface area (Å²) in [6.45, 7) is 0. The molecule has 5 rings (SSSR count). The summed E-state index contributed by atoms with van der Waals surface area (Å²) in [5.74, 6) is 0.483. The molecule has 1 aliphatic rings. The molecule has 0 spiro atoms. The van der Waals surface area contributed by atoms with E-state index >= 15 is 0 Å². The number of hydrogen-bond donors (Lipinski definition) is 2. The molecule has 0 heterocycles. The Morgan fingerprint density at radius 3 is 1.67 bits per heavy atom. The Morgan fingerprint density at radius 1 is 0.481 bits per heavy atom. The van der Waals surface area contributed by atoms with Gasteiger partial charge in [-0.2, -0.15) is 0 Å². The molecule has 27 heavy (non-hydrogen) atoms. The quantitative estimate of drug-likeness (QED) is 0.444. The van der Waals surface area contributed by atoms with Crippen LogP contribution in [0.3, 0.4) is 0 Å². The van der Waals surface area contributed by atoms with Gasteiger partial charge in [0.15, 0.2) is 0 Å². The van der Waals surface area contributed by atoms with Crippen LogP contribution in [0, 0.1) is 0 Å². The van der Waals surface area contributed by atoms with E-state index in [1.54, 1.807) is 18.2 Å². The molecule has 2 nitrogen and oxygen atoms in total. The van der Waals surface area contributed by atoms with E-state index in [1.807, 2.05) is 24.3 Å². The third-order valence-corrected chi connectivity index (χ3v) is 5.53. The molecule has 0 atom stereocenters. The summed E-state index contributed by atoms with van der Waals surface area (Å²) in [6, 6.07) is 31.7. The van der Waals surface area contributed by atoms with E-state index in [0.717, 1.165) is 11.1 Å². The van der Waals surface area contributed by atoms with Crippen LogP contribution in [-0.2, 0) is 5.41 Å². The van der Waals surface area contributed by atoms with Crippen molar-refractivity contribution in [3.63, 3.8) is 0 Å². The maximum Gasteiger partial charge on any atom is 0.115 e. The average Bonchev–Trinajstić information content (AvgIpc) is 3.00. The highest BCUT2D eigenvalue weighted by Gasteiger charge is 2.45. The first kappa shape index (κ1) is 15.7. The maximum absolute atomic E-state index is 10.2. The molecule has 2 heteroatoms. The Bertz CT molecular complexity index is 1100. The predicted octanol–water partition coefficient (Wildman–Crippen LogP) is 5.46. The van der Waals surface area contributed by atoms with Gasteiger partial charge in [-0.05, 0) is 57.6 Å². The summed E-state index contributed by atoms with van der Waals surface area (Å²) in [5.41, 5.74) is 6.28. The zero-order chi connectivity index (χ0) is 18.4. The van der Waals surface area contributed by atoms with Crippen molar-refractivity contribution in [3.8, 4) is 22.6 Å². The lowest BCUT2D eigenvalue weighted by Gasteiger charge is -2.33. The number of aromatic hydroxyl groups is 2. The smallest absolute Gasteiger partial charge is 0.115 e. The van der Waals surface area contributed by atoms with Crippen molar-refractivity contribution in [1.82, 2.24) is 0 Å². The molecule has 0 aromatic heterocycles. The van der Waals surface area contributed by atoms with Gasteiger partial charge in [0.05, 0.1) is 5.41 Å². The van der Waals surface area contributed by atoms with Crippen LogP contribution in [-0.4, -0.2) is 10.2 Å². The van der Waals surface area contributed by atoms with Crippen LogP contribution >= 0.6 is 0 Å². The first-order valence-corrected chi connectivity index (χ1v) is 8.99. The zero-order valence-electron chi connectivity index (χ0n) is 14.6. The van der Waals surface area contributed by atoms with Gasteiger partial charge in [-0.25, -0.2) is 0 Å². The Labute approximate surface area is 158 Å². The summed E-state index contributed by atoms with van der Waals surface area (Å²) in [7, 11) is 0. The fraction of sp³-hybridized carbons (Fsp3) is 0.0400. The van der Waals surface area contributed by atoms with Crippen molar-refractivity contribution in [2.45, 2.75) is 5.41 Å². The van der Waals surface area contributed by atoms with Gasteiger partial charge in [-0.1, -0.05) is 72.8 Å². The van der Waals surface area contributed by atoms with E-state index in [0.29, 0.717) is 0 Å².